The lowest BCUT2D eigenvalue weighted by Gasteiger charge is -2.14. The van der Waals surface area contributed by atoms with Gasteiger partial charge in [-0.15, -0.1) is 0 Å². The minimum absolute atomic E-state index is 0.344. The van der Waals surface area contributed by atoms with E-state index < -0.39 is 253 Å². The van der Waals surface area contributed by atoms with E-state index in [0.29, 0.717) is 0 Å². The van der Waals surface area contributed by atoms with E-state index in [2.05, 4.69) is 15.0 Å². The van der Waals surface area contributed by atoms with Crippen LogP contribution in [0.25, 0.3) is 94.3 Å². The molecule has 0 N–H and O–H groups in total. The van der Waals surface area contributed by atoms with Gasteiger partial charge in [0.1, 0.15) is 0 Å². The highest BCUT2D eigenvalue weighted by Crippen LogP contribution is 2.46. The quantitative estimate of drug-likeness (QED) is 0.174. The molecule has 10 aromatic rings. The zero-order valence-electron chi connectivity index (χ0n) is 52.3. The molecule has 0 atom stereocenters. The van der Waals surface area contributed by atoms with Gasteiger partial charge in [-0.3, -0.25) is 0 Å². The van der Waals surface area contributed by atoms with Crippen molar-refractivity contribution >= 4 is 43.4 Å². The molecule has 0 unspecified atom stereocenters. The number of fused-ring (bicyclic) bond motifs is 3. The number of hydrogen-bond acceptors (Lipinski definition) is 3. The van der Waals surface area contributed by atoms with Gasteiger partial charge in [-0.1, -0.05) is 139 Å². The number of hydrogen-bond donors (Lipinski definition) is 0. The van der Waals surface area contributed by atoms with Crippen LogP contribution in [0.3, 0.4) is 0 Å². The van der Waals surface area contributed by atoms with Crippen LogP contribution >= 0.6 is 0 Å². The first-order valence-corrected chi connectivity index (χ1v) is 14.3. The summed E-state index contributed by atoms with van der Waals surface area (Å²) in [5.41, 5.74) is -5.60. The average molecular weight is 653 g/mol. The fourth-order valence-corrected chi connectivity index (χ4v) is 5.69. The lowest BCUT2D eigenvalue weighted by molar-refractivity contribution is 1.08. The van der Waals surface area contributed by atoms with Crippen LogP contribution < -0.4 is 0 Å². The van der Waals surface area contributed by atoms with E-state index >= 15 is 0 Å². The molecule has 0 aliphatic heterocycles. The Morgan fingerprint density at radius 1 is 0.347 bits per heavy atom. The summed E-state index contributed by atoms with van der Waals surface area (Å²) in [5.74, 6) is -2.66. The fraction of sp³-hybridized carbons (Fsp3) is 0. The van der Waals surface area contributed by atoms with E-state index in [1.807, 2.05) is 0 Å². The predicted molar refractivity (Wildman–Crippen MR) is 202 cm³/mol. The van der Waals surface area contributed by atoms with Crippen LogP contribution in [0.1, 0.15) is 38.4 Å². The predicted octanol–water partition coefficient (Wildman–Crippen LogP) is 11.4. The number of nitrogens with zero attached hydrogens (tertiary/aromatic N) is 4. The molecular weight excluding hydrogens is 597 g/mol. The number of para-hydroxylation sites is 1. The summed E-state index contributed by atoms with van der Waals surface area (Å²) in [6.45, 7) is 0. The normalized spacial score (nSPS) is 19.7. The molecule has 228 valence electrons. The van der Waals surface area contributed by atoms with Crippen molar-refractivity contribution < 1.29 is 38.4 Å². The first-order chi connectivity index (χ1) is 35.9. The van der Waals surface area contributed by atoms with Crippen LogP contribution in [0.5, 0.6) is 0 Å². The molecule has 0 amide bonds. The molecule has 2 heterocycles. The lowest BCUT2D eigenvalue weighted by atomic mass is 9.91. The molecule has 0 bridgehead atoms. The van der Waals surface area contributed by atoms with Crippen molar-refractivity contribution in [3.05, 3.63) is 169 Å². The van der Waals surface area contributed by atoms with Crippen LogP contribution in [-0.4, -0.2) is 19.5 Å². The van der Waals surface area contributed by atoms with Gasteiger partial charge < -0.3 is 4.57 Å². The first kappa shape index (κ1) is 11.5. The highest BCUT2D eigenvalue weighted by atomic mass is 15.0. The van der Waals surface area contributed by atoms with Gasteiger partial charge in [0.2, 0.25) is 0 Å². The van der Waals surface area contributed by atoms with Gasteiger partial charge >= 0.3 is 0 Å². The van der Waals surface area contributed by atoms with Gasteiger partial charge in [-0.2, -0.15) is 0 Å². The van der Waals surface area contributed by atoms with E-state index in [0.717, 1.165) is 4.57 Å². The highest BCUT2D eigenvalue weighted by molar-refractivity contribution is 6.36. The zero-order valence-corrected chi connectivity index (χ0v) is 24.3. The third-order valence-corrected chi connectivity index (χ3v) is 7.67. The molecule has 0 saturated heterocycles. The lowest BCUT2D eigenvalue weighted by Crippen LogP contribution is -2.01. The molecule has 0 spiro atoms. The molecule has 0 aliphatic carbocycles. The summed E-state index contributed by atoms with van der Waals surface area (Å²) in [5, 5.41) is -2.74. The second-order valence-electron chi connectivity index (χ2n) is 10.3. The van der Waals surface area contributed by atoms with Gasteiger partial charge in [-0.05, 0) is 57.5 Å². The van der Waals surface area contributed by atoms with E-state index in [4.69, 9.17) is 27.4 Å². The minimum atomic E-state index is -1.04. The second-order valence-corrected chi connectivity index (χ2v) is 10.3. The summed E-state index contributed by atoms with van der Waals surface area (Å²) in [4.78, 5) is 13.3. The molecule has 10 rings (SSSR count). The van der Waals surface area contributed by atoms with Crippen molar-refractivity contribution in [3.8, 4) is 51.0 Å². The van der Waals surface area contributed by atoms with Gasteiger partial charge in [0, 0.05) is 38.5 Å². The first-order valence-electron chi connectivity index (χ1n) is 28.3. The van der Waals surface area contributed by atoms with Crippen molar-refractivity contribution in [2.75, 3.05) is 0 Å². The fourth-order valence-electron chi connectivity index (χ4n) is 5.69. The van der Waals surface area contributed by atoms with Gasteiger partial charge in [0.15, 0.2) is 17.5 Å². The Bertz CT molecular complexity index is 4320. The van der Waals surface area contributed by atoms with Crippen LogP contribution in [0.2, 0.25) is 0 Å². The van der Waals surface area contributed by atoms with E-state index in [1.54, 1.807) is 0 Å². The standard InChI is InChI=1S/C45H28N4/c1-4-13-29(14-5-1)30-23-25-32(26-24-30)44-46-43(31-15-6-2-7-16-31)47-45(48-44)37-27-28-39-42-40(37)35-20-11-10-19-34(35)36-21-12-22-38(41(36)42)49(39)33-17-8-3-9-18-33/h1-28H/i1D,2D,3D,4D,5D,6D,7D,8D,9D,10D,11D,12D,13D,14D,15D,16D,17D,18D,19D,20D,21D,22D,23D,24D,25D,26D,27D,28D. The van der Waals surface area contributed by atoms with E-state index in [-0.39, 0.29) is 10.8 Å². The number of benzene rings is 8. The van der Waals surface area contributed by atoms with Crippen molar-refractivity contribution in [1.29, 1.82) is 0 Å². The smallest absolute Gasteiger partial charge is 0.164 e. The Balaban J connectivity index is 1.48. The average Bonchev–Trinajstić information content (AvgIpc) is 4.04. The molecule has 0 aliphatic rings. The largest absolute Gasteiger partial charge is 0.309 e. The maximum absolute atomic E-state index is 9.85. The third kappa shape index (κ3) is 4.35. The molecule has 8 aromatic carbocycles. The molecule has 4 nitrogen and oxygen atoms in total. The molecule has 0 fully saturated rings. The molecule has 0 radical (unpaired) electrons. The van der Waals surface area contributed by atoms with Crippen LogP contribution in [0.4, 0.5) is 0 Å². The molecule has 2 aromatic heterocycles. The van der Waals surface area contributed by atoms with Gasteiger partial charge in [0.25, 0.3) is 0 Å². The Hall–Kier alpha value is -6.65. The summed E-state index contributed by atoms with van der Waals surface area (Å²) in [6.07, 6.45) is 0. The molecule has 4 heteroatoms. The Morgan fingerprint density at radius 3 is 1.55 bits per heavy atom. The third-order valence-electron chi connectivity index (χ3n) is 7.67. The summed E-state index contributed by atoms with van der Waals surface area (Å²) in [6, 6.07) is -25.5. The highest BCUT2D eigenvalue weighted by Gasteiger charge is 2.23. The topological polar surface area (TPSA) is 43.6 Å². The molecule has 49 heavy (non-hydrogen) atoms. The van der Waals surface area contributed by atoms with Crippen molar-refractivity contribution in [2.45, 2.75) is 0 Å². The number of rotatable bonds is 5. The monoisotopic (exact) mass is 652 g/mol. The van der Waals surface area contributed by atoms with Gasteiger partial charge in [0.05, 0.1) is 49.4 Å². The minimum Gasteiger partial charge on any atom is -0.309 e. The Kier molecular flexibility index (Phi) is 2.57. The Morgan fingerprint density at radius 2 is 0.837 bits per heavy atom. The van der Waals surface area contributed by atoms with Crippen LogP contribution in [0.15, 0.2) is 169 Å². The van der Waals surface area contributed by atoms with Crippen LogP contribution in [-0.2, 0) is 0 Å². The van der Waals surface area contributed by atoms with Crippen LogP contribution in [0, 0.1) is 0 Å². The summed E-state index contributed by atoms with van der Waals surface area (Å²) >= 11 is 0. The summed E-state index contributed by atoms with van der Waals surface area (Å²) < 4.78 is 249. The van der Waals surface area contributed by atoms with Gasteiger partial charge in [-0.25, -0.2) is 15.0 Å². The Labute approximate surface area is 322 Å². The summed E-state index contributed by atoms with van der Waals surface area (Å²) in [7, 11) is 0. The van der Waals surface area contributed by atoms with Crippen molar-refractivity contribution in [3.63, 3.8) is 0 Å². The zero-order chi connectivity index (χ0) is 56.7. The van der Waals surface area contributed by atoms with E-state index in [9.17, 15) is 11.0 Å². The van der Waals surface area contributed by atoms with Crippen molar-refractivity contribution in [2.24, 2.45) is 0 Å². The number of aromatic nitrogens is 4. The second kappa shape index (κ2) is 11.0. The van der Waals surface area contributed by atoms with E-state index in [1.165, 1.54) is 0 Å². The molecule has 0 saturated carbocycles. The maximum Gasteiger partial charge on any atom is 0.164 e. The molecular formula is C45H28N4. The SMILES string of the molecule is [2H]c1c([2H])c([2H])c(-c2nc(-c3c([2H])c([2H])c(-c4c([2H])c([2H])c([2H])c([2H])c4[2H])c([2H])c3[2H])nc(-c3c([2H])c([2H])c4c5c3c3c([2H])c([2H])c([2H])c([2H])c3c3c([2H])c([2H])c([2H])c(c35)n4-c3c([2H])c([2H])c([2H])c([2H])c3[2H])n2)c([2H])c1[2H]. The maximum atomic E-state index is 9.85. The van der Waals surface area contributed by atoms with Crippen molar-refractivity contribution in [1.82, 2.24) is 19.5 Å².